The molecular formula is C16H29N3O2S. The smallest absolute Gasteiger partial charge is 0.191 e. The molecule has 1 aromatic rings. The summed E-state index contributed by atoms with van der Waals surface area (Å²) in [4.78, 5) is 4.50. The van der Waals surface area contributed by atoms with Crippen LogP contribution in [0, 0.1) is 6.92 Å². The van der Waals surface area contributed by atoms with E-state index in [1.54, 1.807) is 0 Å². The summed E-state index contributed by atoms with van der Waals surface area (Å²) in [6.45, 7) is 13.2. The Kier molecular flexibility index (Phi) is 7.13. The van der Waals surface area contributed by atoms with Crippen LogP contribution in [0.1, 0.15) is 52.2 Å². The van der Waals surface area contributed by atoms with E-state index in [9.17, 15) is 4.21 Å². The van der Waals surface area contributed by atoms with E-state index in [1.807, 2.05) is 53.7 Å². The first kappa shape index (κ1) is 18.7. The van der Waals surface area contributed by atoms with Crippen LogP contribution in [0.4, 0.5) is 0 Å². The van der Waals surface area contributed by atoms with Crippen molar-refractivity contribution >= 4 is 16.8 Å². The van der Waals surface area contributed by atoms with E-state index in [-0.39, 0.29) is 10.8 Å². The van der Waals surface area contributed by atoms with E-state index in [0.717, 1.165) is 24.0 Å². The number of aliphatic imine (C=N–C) groups is 1. The molecule has 0 radical (unpaired) electrons. The molecule has 0 aliphatic rings. The predicted molar refractivity (Wildman–Crippen MR) is 93.7 cm³/mol. The lowest BCUT2D eigenvalue weighted by atomic mass is 10.2. The van der Waals surface area contributed by atoms with Crippen LogP contribution in [0.15, 0.2) is 21.5 Å². The van der Waals surface area contributed by atoms with Crippen molar-refractivity contribution in [1.82, 2.24) is 10.6 Å². The Morgan fingerprint density at radius 2 is 2.09 bits per heavy atom. The van der Waals surface area contributed by atoms with Crippen LogP contribution in [0.25, 0.3) is 0 Å². The van der Waals surface area contributed by atoms with Gasteiger partial charge in [-0.2, -0.15) is 0 Å². The summed E-state index contributed by atoms with van der Waals surface area (Å²) in [6, 6.07) is 3.94. The number of guanidine groups is 1. The summed E-state index contributed by atoms with van der Waals surface area (Å²) in [7, 11) is -0.884. The average Bonchev–Trinajstić information content (AvgIpc) is 2.84. The fourth-order valence-corrected chi connectivity index (χ4v) is 2.70. The van der Waals surface area contributed by atoms with Crippen molar-refractivity contribution in [2.75, 3.05) is 18.8 Å². The van der Waals surface area contributed by atoms with Gasteiger partial charge >= 0.3 is 0 Å². The van der Waals surface area contributed by atoms with E-state index in [1.165, 1.54) is 0 Å². The van der Waals surface area contributed by atoms with Crippen LogP contribution in [-0.4, -0.2) is 33.8 Å². The molecule has 1 aromatic heterocycles. The van der Waals surface area contributed by atoms with E-state index < -0.39 is 10.8 Å². The molecule has 0 aliphatic heterocycles. The molecule has 0 saturated carbocycles. The SMILES string of the molecule is CCNC(=NCCS(=O)C(C)(C)C)NC(C)c1ccc(C)o1. The van der Waals surface area contributed by atoms with E-state index in [0.29, 0.717) is 12.3 Å². The maximum absolute atomic E-state index is 12.0. The number of nitrogens with one attached hydrogen (secondary N) is 2. The minimum atomic E-state index is -0.884. The summed E-state index contributed by atoms with van der Waals surface area (Å²) < 4.78 is 17.5. The van der Waals surface area contributed by atoms with Gasteiger partial charge < -0.3 is 15.1 Å². The molecule has 1 rings (SSSR count). The maximum Gasteiger partial charge on any atom is 0.191 e. The van der Waals surface area contributed by atoms with E-state index >= 15 is 0 Å². The predicted octanol–water partition coefficient (Wildman–Crippen LogP) is 2.75. The summed E-state index contributed by atoms with van der Waals surface area (Å²) in [5, 5.41) is 6.51. The molecule has 0 saturated heterocycles. The highest BCUT2D eigenvalue weighted by atomic mass is 32.2. The van der Waals surface area contributed by atoms with Gasteiger partial charge in [0.1, 0.15) is 11.5 Å². The monoisotopic (exact) mass is 327 g/mol. The second-order valence-corrected chi connectivity index (χ2v) is 8.56. The Hall–Kier alpha value is -1.30. The Morgan fingerprint density at radius 1 is 1.41 bits per heavy atom. The molecule has 0 aliphatic carbocycles. The Labute approximate surface area is 136 Å². The summed E-state index contributed by atoms with van der Waals surface area (Å²) in [5.41, 5.74) is 0. The molecule has 0 spiro atoms. The number of nitrogens with zero attached hydrogens (tertiary/aromatic N) is 1. The topological polar surface area (TPSA) is 66.6 Å². The number of rotatable bonds is 6. The van der Waals surface area contributed by atoms with Gasteiger partial charge in [0.25, 0.3) is 0 Å². The zero-order valence-corrected chi connectivity index (χ0v) is 15.3. The molecule has 0 amide bonds. The van der Waals surface area contributed by atoms with Crippen LogP contribution in [0.2, 0.25) is 0 Å². The summed E-state index contributed by atoms with van der Waals surface area (Å²) in [6.07, 6.45) is 0. The molecule has 2 unspecified atom stereocenters. The number of aryl methyl sites for hydroxylation is 1. The van der Waals surface area contributed by atoms with Gasteiger partial charge in [0.2, 0.25) is 0 Å². The van der Waals surface area contributed by atoms with Crippen LogP contribution in [0.3, 0.4) is 0 Å². The van der Waals surface area contributed by atoms with Gasteiger partial charge in [-0.15, -0.1) is 0 Å². The molecule has 6 heteroatoms. The molecule has 0 aromatic carbocycles. The number of hydrogen-bond donors (Lipinski definition) is 2. The third kappa shape index (κ3) is 6.22. The van der Waals surface area contributed by atoms with Crippen LogP contribution in [-0.2, 0) is 10.8 Å². The van der Waals surface area contributed by atoms with Gasteiger partial charge in [-0.1, -0.05) is 0 Å². The molecule has 2 atom stereocenters. The first-order valence-electron chi connectivity index (χ1n) is 7.73. The minimum absolute atomic E-state index is 0.0274. The number of hydrogen-bond acceptors (Lipinski definition) is 3. The highest BCUT2D eigenvalue weighted by Gasteiger charge is 2.18. The molecular weight excluding hydrogens is 298 g/mol. The quantitative estimate of drug-likeness (QED) is 0.623. The molecule has 22 heavy (non-hydrogen) atoms. The molecule has 126 valence electrons. The maximum atomic E-state index is 12.0. The Morgan fingerprint density at radius 3 is 2.59 bits per heavy atom. The van der Waals surface area contributed by atoms with Gasteiger partial charge in [0.05, 0.1) is 12.6 Å². The van der Waals surface area contributed by atoms with Gasteiger partial charge in [-0.3, -0.25) is 9.20 Å². The van der Waals surface area contributed by atoms with Crippen molar-refractivity contribution in [3.05, 3.63) is 23.7 Å². The second-order valence-electron chi connectivity index (χ2n) is 6.24. The van der Waals surface area contributed by atoms with Gasteiger partial charge in [-0.05, 0) is 53.7 Å². The largest absolute Gasteiger partial charge is 0.464 e. The number of furan rings is 1. The first-order valence-corrected chi connectivity index (χ1v) is 9.05. The van der Waals surface area contributed by atoms with Crippen LogP contribution >= 0.6 is 0 Å². The molecule has 5 nitrogen and oxygen atoms in total. The third-order valence-electron chi connectivity index (χ3n) is 3.11. The highest BCUT2D eigenvalue weighted by molar-refractivity contribution is 7.86. The van der Waals surface area contributed by atoms with Gasteiger partial charge in [0, 0.05) is 27.8 Å². The Bertz CT molecular complexity index is 518. The standard InChI is InChI=1S/C16H29N3O2S/c1-7-17-15(18-10-11-22(20)16(4,5)6)19-13(3)14-9-8-12(2)21-14/h8-9,13H,7,10-11H2,1-6H3,(H2,17,18,19). The molecule has 0 fully saturated rings. The zero-order valence-electron chi connectivity index (χ0n) is 14.5. The molecule has 2 N–H and O–H groups in total. The van der Waals surface area contributed by atoms with E-state index in [4.69, 9.17) is 4.42 Å². The lowest BCUT2D eigenvalue weighted by Gasteiger charge is -2.18. The van der Waals surface area contributed by atoms with Crippen molar-refractivity contribution in [3.63, 3.8) is 0 Å². The zero-order chi connectivity index (χ0) is 16.8. The lowest BCUT2D eigenvalue weighted by Crippen LogP contribution is -2.39. The normalized spacial score (nSPS) is 15.5. The molecule has 0 bridgehead atoms. The van der Waals surface area contributed by atoms with Crippen molar-refractivity contribution in [2.24, 2.45) is 4.99 Å². The van der Waals surface area contributed by atoms with Gasteiger partial charge in [0.15, 0.2) is 5.96 Å². The van der Waals surface area contributed by atoms with Crippen LogP contribution < -0.4 is 10.6 Å². The van der Waals surface area contributed by atoms with Crippen molar-refractivity contribution in [3.8, 4) is 0 Å². The van der Waals surface area contributed by atoms with Gasteiger partial charge in [-0.25, -0.2) is 0 Å². The van der Waals surface area contributed by atoms with E-state index in [2.05, 4.69) is 15.6 Å². The average molecular weight is 327 g/mol. The Balaban J connectivity index is 2.60. The lowest BCUT2D eigenvalue weighted by molar-refractivity contribution is 0.441. The van der Waals surface area contributed by atoms with Crippen molar-refractivity contribution in [2.45, 2.75) is 52.3 Å². The molecule has 1 heterocycles. The first-order chi connectivity index (χ1) is 10.2. The summed E-state index contributed by atoms with van der Waals surface area (Å²) in [5.74, 6) is 3.05. The highest BCUT2D eigenvalue weighted by Crippen LogP contribution is 2.15. The van der Waals surface area contributed by atoms with Crippen molar-refractivity contribution < 1.29 is 8.63 Å². The fourth-order valence-electron chi connectivity index (χ4n) is 1.83. The minimum Gasteiger partial charge on any atom is -0.464 e. The third-order valence-corrected chi connectivity index (χ3v) is 5.03. The fraction of sp³-hybridized carbons (Fsp3) is 0.688. The van der Waals surface area contributed by atoms with Crippen molar-refractivity contribution in [1.29, 1.82) is 0 Å². The summed E-state index contributed by atoms with van der Waals surface area (Å²) >= 11 is 0. The van der Waals surface area contributed by atoms with Crippen LogP contribution in [0.5, 0.6) is 0 Å². The second kappa shape index (κ2) is 8.36.